The van der Waals surface area contributed by atoms with Crippen LogP contribution in [-0.2, 0) is 6.42 Å². The van der Waals surface area contributed by atoms with Gasteiger partial charge in [-0.1, -0.05) is 11.6 Å². The fourth-order valence-corrected chi connectivity index (χ4v) is 2.21. The number of rotatable bonds is 0. The summed E-state index contributed by atoms with van der Waals surface area (Å²) in [6.07, 6.45) is 0.479. The predicted molar refractivity (Wildman–Crippen MR) is 66.6 cm³/mol. The first-order chi connectivity index (χ1) is 8.13. The summed E-state index contributed by atoms with van der Waals surface area (Å²) in [5.41, 5.74) is 1.20. The van der Waals surface area contributed by atoms with E-state index in [1.165, 1.54) is 0 Å². The average molecular weight is 267 g/mol. The van der Waals surface area contributed by atoms with Crippen LogP contribution in [-0.4, -0.2) is 9.97 Å². The first kappa shape index (κ1) is 10.6. The molecule has 0 atom stereocenters. The molecule has 0 bridgehead atoms. The molecule has 1 aliphatic heterocycles. The second kappa shape index (κ2) is 3.72. The van der Waals surface area contributed by atoms with Crippen LogP contribution < -0.4 is 10.3 Å². The van der Waals surface area contributed by atoms with Crippen molar-refractivity contribution in [3.8, 4) is 11.6 Å². The molecule has 1 aliphatic rings. The third-order valence-corrected chi connectivity index (χ3v) is 3.04. The van der Waals surface area contributed by atoms with Crippen molar-refractivity contribution >= 4 is 23.8 Å². The van der Waals surface area contributed by atoms with Crippen LogP contribution in [0.3, 0.4) is 0 Å². The van der Waals surface area contributed by atoms with E-state index >= 15 is 0 Å². The molecule has 2 aromatic rings. The molecule has 1 aromatic heterocycles. The number of hydrogen-bond donors (Lipinski definition) is 2. The third-order valence-electron chi connectivity index (χ3n) is 2.60. The van der Waals surface area contributed by atoms with Gasteiger partial charge < -0.3 is 9.72 Å². The fourth-order valence-electron chi connectivity index (χ4n) is 1.83. The van der Waals surface area contributed by atoms with Gasteiger partial charge in [-0.3, -0.25) is 9.78 Å². The summed E-state index contributed by atoms with van der Waals surface area (Å²) in [6, 6.07) is 5.31. The highest BCUT2D eigenvalue weighted by Crippen LogP contribution is 2.34. The number of hydrogen-bond acceptors (Lipinski definition) is 3. The van der Waals surface area contributed by atoms with Gasteiger partial charge in [0.05, 0.1) is 5.56 Å². The number of H-pyrrole nitrogens is 2. The molecule has 0 saturated carbocycles. The second-order valence-electron chi connectivity index (χ2n) is 3.75. The van der Waals surface area contributed by atoms with Crippen LogP contribution in [0.4, 0.5) is 0 Å². The summed E-state index contributed by atoms with van der Waals surface area (Å²) in [6.45, 7) is 0. The lowest BCUT2D eigenvalue weighted by Crippen LogP contribution is -2.19. The van der Waals surface area contributed by atoms with Gasteiger partial charge in [0.15, 0.2) is 4.77 Å². The largest absolute Gasteiger partial charge is 0.440 e. The minimum absolute atomic E-state index is 0.227. The number of fused-ring (bicyclic) bond motifs is 2. The zero-order valence-electron chi connectivity index (χ0n) is 8.54. The van der Waals surface area contributed by atoms with Crippen molar-refractivity contribution in [2.45, 2.75) is 6.42 Å². The number of halogens is 1. The summed E-state index contributed by atoms with van der Waals surface area (Å²) in [5, 5.41) is 0.621. The van der Waals surface area contributed by atoms with Gasteiger partial charge in [-0.15, -0.1) is 0 Å². The summed E-state index contributed by atoms with van der Waals surface area (Å²) in [4.78, 5) is 17.1. The number of ether oxygens (including phenoxy) is 1. The van der Waals surface area contributed by atoms with Crippen molar-refractivity contribution in [2.75, 3.05) is 0 Å². The number of aromatic amines is 2. The van der Waals surface area contributed by atoms with Crippen molar-refractivity contribution in [3.63, 3.8) is 0 Å². The van der Waals surface area contributed by atoms with E-state index in [4.69, 9.17) is 28.6 Å². The maximum Gasteiger partial charge on any atom is 0.259 e. The quantitative estimate of drug-likeness (QED) is 0.615. The van der Waals surface area contributed by atoms with E-state index in [-0.39, 0.29) is 10.3 Å². The molecule has 1 aromatic carbocycles. The highest BCUT2D eigenvalue weighted by atomic mass is 35.5. The molecule has 0 amide bonds. The van der Waals surface area contributed by atoms with Gasteiger partial charge >= 0.3 is 0 Å². The van der Waals surface area contributed by atoms with Crippen molar-refractivity contribution in [3.05, 3.63) is 49.5 Å². The Morgan fingerprint density at radius 1 is 1.35 bits per heavy atom. The fraction of sp³-hybridized carbons (Fsp3) is 0.0909. The predicted octanol–water partition coefficient (Wildman–Crippen LogP) is 2.78. The van der Waals surface area contributed by atoms with Crippen molar-refractivity contribution in [1.29, 1.82) is 0 Å². The molecule has 86 valence electrons. The minimum Gasteiger partial charge on any atom is -0.440 e. The Labute approximate surface area is 106 Å². The van der Waals surface area contributed by atoms with Crippen LogP contribution >= 0.6 is 23.8 Å². The van der Waals surface area contributed by atoms with Crippen LogP contribution in [0.5, 0.6) is 11.6 Å². The van der Waals surface area contributed by atoms with E-state index in [0.29, 0.717) is 28.6 Å². The van der Waals surface area contributed by atoms with E-state index in [0.717, 1.165) is 5.56 Å². The molecule has 4 nitrogen and oxygen atoms in total. The molecule has 3 rings (SSSR count). The molecule has 17 heavy (non-hydrogen) atoms. The SMILES string of the molecule is O=c1[nH]c(=S)[nH]c2c1Cc1cc(Cl)ccc1O2. The lowest BCUT2D eigenvalue weighted by molar-refractivity contribution is 0.436. The van der Waals surface area contributed by atoms with Crippen LogP contribution in [0.15, 0.2) is 23.0 Å². The topological polar surface area (TPSA) is 57.9 Å². The number of aromatic nitrogens is 2. The Kier molecular flexibility index (Phi) is 2.31. The van der Waals surface area contributed by atoms with Gasteiger partial charge in [-0.25, -0.2) is 0 Å². The molecule has 2 heterocycles. The summed E-state index contributed by atoms with van der Waals surface area (Å²) in [5.74, 6) is 1.10. The first-order valence-electron chi connectivity index (χ1n) is 4.95. The lowest BCUT2D eigenvalue weighted by atomic mass is 10.0. The molecular weight excluding hydrogens is 260 g/mol. The Morgan fingerprint density at radius 2 is 2.18 bits per heavy atom. The lowest BCUT2D eigenvalue weighted by Gasteiger charge is -2.18. The van der Waals surface area contributed by atoms with Crippen molar-refractivity contribution in [2.24, 2.45) is 0 Å². The molecule has 0 saturated heterocycles. The first-order valence-corrected chi connectivity index (χ1v) is 5.74. The minimum atomic E-state index is -0.227. The van der Waals surface area contributed by atoms with Crippen molar-refractivity contribution in [1.82, 2.24) is 9.97 Å². The molecular formula is C11H7ClN2O2S. The molecule has 0 unspecified atom stereocenters. The van der Waals surface area contributed by atoms with E-state index in [1.807, 2.05) is 0 Å². The van der Waals surface area contributed by atoms with Gasteiger partial charge in [0.2, 0.25) is 5.88 Å². The second-order valence-corrected chi connectivity index (χ2v) is 4.59. The number of nitrogens with one attached hydrogen (secondary N) is 2. The van der Waals surface area contributed by atoms with Gasteiger partial charge in [0.1, 0.15) is 5.75 Å². The Morgan fingerprint density at radius 3 is 3.00 bits per heavy atom. The number of benzene rings is 1. The highest BCUT2D eigenvalue weighted by Gasteiger charge is 2.20. The van der Waals surface area contributed by atoms with E-state index in [2.05, 4.69) is 9.97 Å². The van der Waals surface area contributed by atoms with Crippen LogP contribution in [0.1, 0.15) is 11.1 Å². The Hall–Kier alpha value is -1.59. The average Bonchev–Trinajstić information content (AvgIpc) is 2.27. The molecule has 0 radical (unpaired) electrons. The van der Waals surface area contributed by atoms with E-state index in [9.17, 15) is 4.79 Å². The van der Waals surface area contributed by atoms with Crippen LogP contribution in [0.2, 0.25) is 5.02 Å². The Balaban J connectivity index is 2.20. The summed E-state index contributed by atoms with van der Waals surface area (Å²) < 4.78 is 5.85. The molecule has 0 aliphatic carbocycles. The Bertz CT molecular complexity index is 720. The van der Waals surface area contributed by atoms with Gasteiger partial charge in [-0.05, 0) is 30.4 Å². The van der Waals surface area contributed by atoms with Crippen LogP contribution in [0.25, 0.3) is 0 Å². The molecule has 2 N–H and O–H groups in total. The highest BCUT2D eigenvalue weighted by molar-refractivity contribution is 7.71. The maximum atomic E-state index is 11.7. The van der Waals surface area contributed by atoms with E-state index in [1.54, 1.807) is 18.2 Å². The zero-order chi connectivity index (χ0) is 12.0. The monoisotopic (exact) mass is 266 g/mol. The van der Waals surface area contributed by atoms with Gasteiger partial charge in [0.25, 0.3) is 5.56 Å². The van der Waals surface area contributed by atoms with Crippen LogP contribution in [0, 0.1) is 4.77 Å². The normalized spacial score (nSPS) is 12.5. The molecule has 0 spiro atoms. The zero-order valence-corrected chi connectivity index (χ0v) is 10.1. The van der Waals surface area contributed by atoms with Crippen molar-refractivity contribution < 1.29 is 4.74 Å². The maximum absolute atomic E-state index is 11.7. The molecule has 6 heteroatoms. The van der Waals surface area contributed by atoms with Gasteiger partial charge in [-0.2, -0.15) is 0 Å². The standard InChI is InChI=1S/C11H7ClN2O2S/c12-6-1-2-8-5(3-6)4-7-9(15)13-11(17)14-10(7)16-8/h1-3H,4H2,(H2,13,14,15,17). The third kappa shape index (κ3) is 1.77. The summed E-state index contributed by atoms with van der Waals surface area (Å²) >= 11 is 10.8. The molecule has 0 fully saturated rings. The van der Waals surface area contributed by atoms with Gasteiger partial charge in [0, 0.05) is 17.0 Å². The smallest absolute Gasteiger partial charge is 0.259 e. The van der Waals surface area contributed by atoms with E-state index < -0.39 is 0 Å². The summed E-state index contributed by atoms with van der Waals surface area (Å²) in [7, 11) is 0.